The molecule has 1 aliphatic carbocycles. The minimum absolute atomic E-state index is 0. The van der Waals surface area contributed by atoms with Gasteiger partial charge >= 0.3 is 0 Å². The predicted octanol–water partition coefficient (Wildman–Crippen LogP) is 3.20. The zero-order chi connectivity index (χ0) is 19.3. The lowest BCUT2D eigenvalue weighted by molar-refractivity contribution is 0.0963. The number of guanidine groups is 1. The Morgan fingerprint density at radius 3 is 2.36 bits per heavy atom. The molecule has 7 heteroatoms. The minimum Gasteiger partial charge on any atom is -0.356 e. The summed E-state index contributed by atoms with van der Waals surface area (Å²) in [5.74, 6) is 0.429. The van der Waals surface area contributed by atoms with E-state index in [0.717, 1.165) is 24.0 Å². The molecule has 0 bridgehead atoms. The quantitative estimate of drug-likeness (QED) is 0.327. The maximum atomic E-state index is 14.1. The van der Waals surface area contributed by atoms with Gasteiger partial charge in [0.15, 0.2) is 5.96 Å². The van der Waals surface area contributed by atoms with E-state index >= 15 is 0 Å². The number of carbonyl (C=O) groups is 1. The maximum Gasteiger partial charge on any atom is 0.251 e. The van der Waals surface area contributed by atoms with Crippen molar-refractivity contribution in [3.8, 4) is 0 Å². The molecule has 0 aliphatic heterocycles. The molecule has 2 aromatic rings. The number of carbonyl (C=O) groups excluding carboxylic acids is 1. The standard InChI is InChI=1S/C21H25FN4O.HI/c1-23-19(27)16-9-7-15(8-10-16)13-25-20(24-2)26-14-21(11-12-21)17-5-3-4-6-18(17)22;/h3-10H,11-14H2,1-2H3,(H,23,27)(H2,24,25,26);1H. The Balaban J connectivity index is 0.00000280. The van der Waals surface area contributed by atoms with Gasteiger partial charge in [0.05, 0.1) is 0 Å². The number of nitrogens with one attached hydrogen (secondary N) is 3. The van der Waals surface area contributed by atoms with Crippen LogP contribution in [-0.2, 0) is 12.0 Å². The fourth-order valence-electron chi connectivity index (χ4n) is 3.16. The van der Waals surface area contributed by atoms with Crippen LogP contribution in [0.1, 0.15) is 34.3 Å². The molecule has 0 atom stereocenters. The molecule has 1 fully saturated rings. The molecule has 150 valence electrons. The van der Waals surface area contributed by atoms with E-state index in [4.69, 9.17) is 0 Å². The summed E-state index contributed by atoms with van der Waals surface area (Å²) in [6.45, 7) is 1.23. The first kappa shape index (κ1) is 22.1. The van der Waals surface area contributed by atoms with E-state index in [-0.39, 0.29) is 41.1 Å². The van der Waals surface area contributed by atoms with Crippen LogP contribution in [0.4, 0.5) is 4.39 Å². The van der Waals surface area contributed by atoms with Crippen molar-refractivity contribution in [2.24, 2.45) is 4.99 Å². The SMILES string of the molecule is CN=C(NCc1ccc(C(=O)NC)cc1)NCC1(c2ccccc2F)CC1.I. The summed E-state index contributed by atoms with van der Waals surface area (Å²) >= 11 is 0. The van der Waals surface area contributed by atoms with E-state index in [9.17, 15) is 9.18 Å². The first-order chi connectivity index (χ1) is 13.1. The van der Waals surface area contributed by atoms with E-state index in [0.29, 0.717) is 24.6 Å². The number of hydrogen-bond donors (Lipinski definition) is 3. The molecule has 3 N–H and O–H groups in total. The van der Waals surface area contributed by atoms with Crippen LogP contribution in [0.2, 0.25) is 0 Å². The third-order valence-corrected chi connectivity index (χ3v) is 5.02. The monoisotopic (exact) mass is 496 g/mol. The second-order valence-corrected chi connectivity index (χ2v) is 6.82. The molecule has 0 aromatic heterocycles. The van der Waals surface area contributed by atoms with Gasteiger partial charge in [0, 0.05) is 38.2 Å². The number of nitrogens with zero attached hydrogens (tertiary/aromatic N) is 1. The van der Waals surface area contributed by atoms with Gasteiger partial charge in [0.25, 0.3) is 5.91 Å². The Morgan fingerprint density at radius 1 is 1.11 bits per heavy atom. The van der Waals surface area contributed by atoms with Gasteiger partial charge in [0.2, 0.25) is 0 Å². The molecule has 2 aromatic carbocycles. The van der Waals surface area contributed by atoms with Crippen LogP contribution in [0.3, 0.4) is 0 Å². The molecular weight excluding hydrogens is 470 g/mol. The van der Waals surface area contributed by atoms with Gasteiger partial charge in [0.1, 0.15) is 5.82 Å². The van der Waals surface area contributed by atoms with Crippen molar-refractivity contribution in [2.45, 2.75) is 24.8 Å². The Bertz CT molecular complexity index is 835. The molecule has 0 radical (unpaired) electrons. The van der Waals surface area contributed by atoms with E-state index in [1.54, 1.807) is 32.3 Å². The molecule has 0 unspecified atom stereocenters. The lowest BCUT2D eigenvalue weighted by Gasteiger charge is -2.19. The first-order valence-electron chi connectivity index (χ1n) is 9.08. The van der Waals surface area contributed by atoms with Crippen LogP contribution in [0.15, 0.2) is 53.5 Å². The van der Waals surface area contributed by atoms with Crippen LogP contribution >= 0.6 is 24.0 Å². The summed E-state index contributed by atoms with van der Waals surface area (Å²) in [6, 6.07) is 14.4. The van der Waals surface area contributed by atoms with Gasteiger partial charge in [-0.05, 0) is 42.2 Å². The van der Waals surface area contributed by atoms with Crippen molar-refractivity contribution in [2.75, 3.05) is 20.6 Å². The molecule has 3 rings (SSSR count). The molecule has 28 heavy (non-hydrogen) atoms. The molecule has 1 saturated carbocycles. The number of benzene rings is 2. The van der Waals surface area contributed by atoms with Crippen molar-refractivity contribution in [1.29, 1.82) is 0 Å². The smallest absolute Gasteiger partial charge is 0.251 e. The third kappa shape index (κ3) is 5.21. The zero-order valence-electron chi connectivity index (χ0n) is 16.1. The van der Waals surface area contributed by atoms with Crippen LogP contribution < -0.4 is 16.0 Å². The number of halogens is 2. The molecular formula is C21H26FIN4O. The predicted molar refractivity (Wildman–Crippen MR) is 121 cm³/mol. The molecule has 1 aliphatic rings. The number of hydrogen-bond acceptors (Lipinski definition) is 2. The molecule has 1 amide bonds. The number of amides is 1. The van der Waals surface area contributed by atoms with Crippen molar-refractivity contribution in [3.63, 3.8) is 0 Å². The van der Waals surface area contributed by atoms with Crippen LogP contribution in [0.25, 0.3) is 0 Å². The van der Waals surface area contributed by atoms with Gasteiger partial charge in [-0.3, -0.25) is 9.79 Å². The first-order valence-corrected chi connectivity index (χ1v) is 9.08. The van der Waals surface area contributed by atoms with Gasteiger partial charge in [-0.2, -0.15) is 0 Å². The number of rotatable bonds is 6. The third-order valence-electron chi connectivity index (χ3n) is 5.02. The highest BCUT2D eigenvalue weighted by Crippen LogP contribution is 2.48. The van der Waals surface area contributed by atoms with Crippen LogP contribution in [0.5, 0.6) is 0 Å². The highest BCUT2D eigenvalue weighted by atomic mass is 127. The second kappa shape index (κ2) is 9.86. The largest absolute Gasteiger partial charge is 0.356 e. The highest BCUT2D eigenvalue weighted by Gasteiger charge is 2.45. The lowest BCUT2D eigenvalue weighted by atomic mass is 9.95. The van der Waals surface area contributed by atoms with Gasteiger partial charge in [-0.15, -0.1) is 24.0 Å². The average molecular weight is 496 g/mol. The fourth-order valence-corrected chi connectivity index (χ4v) is 3.16. The number of aliphatic imine (C=N–C) groups is 1. The van der Waals surface area contributed by atoms with Crippen molar-refractivity contribution < 1.29 is 9.18 Å². The highest BCUT2D eigenvalue weighted by molar-refractivity contribution is 14.0. The maximum absolute atomic E-state index is 14.1. The van der Waals surface area contributed by atoms with E-state index in [2.05, 4.69) is 20.9 Å². The summed E-state index contributed by atoms with van der Waals surface area (Å²) in [5.41, 5.74) is 2.31. The Hall–Kier alpha value is -2.16. The second-order valence-electron chi connectivity index (χ2n) is 6.82. The molecule has 0 heterocycles. The van der Waals surface area contributed by atoms with Gasteiger partial charge < -0.3 is 16.0 Å². The summed E-state index contributed by atoms with van der Waals surface area (Å²) < 4.78 is 14.1. The summed E-state index contributed by atoms with van der Waals surface area (Å²) in [5, 5.41) is 9.18. The topological polar surface area (TPSA) is 65.5 Å². The Labute approximate surface area is 182 Å². The van der Waals surface area contributed by atoms with Crippen LogP contribution in [0, 0.1) is 5.82 Å². The normalized spacial score (nSPS) is 14.6. The summed E-state index contributed by atoms with van der Waals surface area (Å²) in [7, 11) is 3.33. The Kier molecular flexibility index (Phi) is 7.79. The van der Waals surface area contributed by atoms with Gasteiger partial charge in [-0.25, -0.2) is 4.39 Å². The minimum atomic E-state index is -0.143. The molecule has 5 nitrogen and oxygen atoms in total. The molecule has 0 saturated heterocycles. The van der Waals surface area contributed by atoms with E-state index < -0.39 is 0 Å². The zero-order valence-corrected chi connectivity index (χ0v) is 18.4. The lowest BCUT2D eigenvalue weighted by Crippen LogP contribution is -2.41. The summed E-state index contributed by atoms with van der Waals surface area (Å²) in [4.78, 5) is 15.8. The molecule has 0 spiro atoms. The van der Waals surface area contributed by atoms with E-state index in [1.807, 2.05) is 24.3 Å². The van der Waals surface area contributed by atoms with Crippen molar-refractivity contribution in [3.05, 3.63) is 71.0 Å². The van der Waals surface area contributed by atoms with E-state index in [1.165, 1.54) is 6.07 Å². The summed E-state index contributed by atoms with van der Waals surface area (Å²) in [6.07, 6.45) is 1.94. The average Bonchev–Trinajstić information content (AvgIpc) is 3.49. The van der Waals surface area contributed by atoms with Crippen molar-refractivity contribution >= 4 is 35.8 Å². The fraction of sp³-hybridized carbons (Fsp3) is 0.333. The van der Waals surface area contributed by atoms with Crippen molar-refractivity contribution in [1.82, 2.24) is 16.0 Å². The Morgan fingerprint density at radius 2 is 1.79 bits per heavy atom. The van der Waals surface area contributed by atoms with Gasteiger partial charge in [-0.1, -0.05) is 30.3 Å². The van der Waals surface area contributed by atoms with Crippen LogP contribution in [-0.4, -0.2) is 32.5 Å².